The minimum Gasteiger partial charge on any atom is -0.392 e. The summed E-state index contributed by atoms with van der Waals surface area (Å²) in [4.78, 5) is 10.8. The van der Waals surface area contributed by atoms with Crippen molar-refractivity contribution in [1.29, 1.82) is 0 Å². The van der Waals surface area contributed by atoms with Crippen LogP contribution in [0.4, 0.5) is 0 Å². The van der Waals surface area contributed by atoms with Gasteiger partial charge in [-0.3, -0.25) is 4.79 Å². The summed E-state index contributed by atoms with van der Waals surface area (Å²) in [5.74, 6) is 0.173. The fourth-order valence-electron chi connectivity index (χ4n) is 1.19. The Bertz CT molecular complexity index is 128. The molecule has 0 aromatic heterocycles. The predicted octanol–water partition coefficient (Wildman–Crippen LogP) is -0.312. The number of aliphatic hydroxyl groups excluding tert-OH is 1. The molecule has 1 heterocycles. The lowest BCUT2D eigenvalue weighted by molar-refractivity contribution is -0.119. The number of β-amino-alcohol motifs (C(OH)–C–C–N with tert-alkyl or cyclic N) is 1. The van der Waals surface area contributed by atoms with Crippen LogP contribution in [0.25, 0.3) is 0 Å². The first-order chi connectivity index (χ1) is 4.70. The van der Waals surface area contributed by atoms with Gasteiger partial charge in [0.2, 0.25) is 0 Å². The summed E-state index contributed by atoms with van der Waals surface area (Å²) in [6, 6.07) is -0.0107. The van der Waals surface area contributed by atoms with Gasteiger partial charge in [0.15, 0.2) is 0 Å². The maximum Gasteiger partial charge on any atom is 0.146 e. The maximum absolute atomic E-state index is 10.8. The molecule has 1 saturated heterocycles. The van der Waals surface area contributed by atoms with Crippen LogP contribution < -0.4 is 5.32 Å². The van der Waals surface area contributed by atoms with Crippen LogP contribution in [-0.2, 0) is 4.79 Å². The second-order valence-electron chi connectivity index (χ2n) is 2.80. The van der Waals surface area contributed by atoms with Crippen molar-refractivity contribution in [2.45, 2.75) is 31.9 Å². The van der Waals surface area contributed by atoms with E-state index in [2.05, 4.69) is 5.32 Å². The Balaban J connectivity index is 2.33. The molecule has 0 saturated carbocycles. The van der Waals surface area contributed by atoms with Crippen LogP contribution in [0.15, 0.2) is 0 Å². The van der Waals surface area contributed by atoms with Crippen LogP contribution >= 0.6 is 0 Å². The van der Waals surface area contributed by atoms with Crippen LogP contribution in [0, 0.1) is 0 Å². The third kappa shape index (κ3) is 1.78. The van der Waals surface area contributed by atoms with Crippen LogP contribution in [0.3, 0.4) is 0 Å². The molecule has 2 atom stereocenters. The van der Waals surface area contributed by atoms with E-state index in [9.17, 15) is 4.79 Å². The van der Waals surface area contributed by atoms with Crippen LogP contribution in [0.5, 0.6) is 0 Å². The first kappa shape index (κ1) is 7.69. The third-order valence-corrected chi connectivity index (χ3v) is 1.88. The average molecular weight is 143 g/mol. The quantitative estimate of drug-likeness (QED) is 0.529. The van der Waals surface area contributed by atoms with Crippen molar-refractivity contribution in [2.75, 3.05) is 6.54 Å². The number of aliphatic hydroxyl groups is 1. The van der Waals surface area contributed by atoms with Crippen molar-refractivity contribution >= 4 is 5.78 Å². The Morgan fingerprint density at radius 3 is 2.70 bits per heavy atom. The van der Waals surface area contributed by atoms with E-state index in [1.54, 1.807) is 6.92 Å². The number of Topliss-reactive ketones (excluding diaryl/α,β-unsaturated/α-hetero) is 1. The van der Waals surface area contributed by atoms with E-state index in [0.717, 1.165) is 12.8 Å². The standard InChI is InChI=1S/C7H13NO2/c1-5(9)7-3-2-6(10)4-8-7/h6-8,10H,2-4H2,1H3/t6-,7+/m1/s1. The third-order valence-electron chi connectivity index (χ3n) is 1.88. The van der Waals surface area contributed by atoms with Crippen molar-refractivity contribution in [3.8, 4) is 0 Å². The zero-order chi connectivity index (χ0) is 7.56. The van der Waals surface area contributed by atoms with Gasteiger partial charge in [0, 0.05) is 6.54 Å². The van der Waals surface area contributed by atoms with Gasteiger partial charge in [0.05, 0.1) is 12.1 Å². The molecule has 0 unspecified atom stereocenters. The lowest BCUT2D eigenvalue weighted by Gasteiger charge is -2.24. The molecule has 1 aliphatic rings. The number of piperidine rings is 1. The highest BCUT2D eigenvalue weighted by atomic mass is 16.3. The molecule has 0 aliphatic carbocycles. The van der Waals surface area contributed by atoms with Gasteiger partial charge in [0.25, 0.3) is 0 Å². The number of carbonyl (C=O) groups excluding carboxylic acids is 1. The van der Waals surface area contributed by atoms with Crippen LogP contribution in [0.2, 0.25) is 0 Å². The predicted molar refractivity (Wildman–Crippen MR) is 37.7 cm³/mol. The molecule has 58 valence electrons. The summed E-state index contributed by atoms with van der Waals surface area (Å²) >= 11 is 0. The number of carbonyl (C=O) groups is 1. The number of hydrogen-bond donors (Lipinski definition) is 2. The second kappa shape index (κ2) is 3.12. The van der Waals surface area contributed by atoms with Gasteiger partial charge >= 0.3 is 0 Å². The summed E-state index contributed by atoms with van der Waals surface area (Å²) in [6.45, 7) is 2.14. The summed E-state index contributed by atoms with van der Waals surface area (Å²) in [6.07, 6.45) is 1.27. The van der Waals surface area contributed by atoms with E-state index in [0.29, 0.717) is 6.54 Å². The fraction of sp³-hybridized carbons (Fsp3) is 0.857. The van der Waals surface area contributed by atoms with Crippen molar-refractivity contribution < 1.29 is 9.90 Å². The molecule has 0 bridgehead atoms. The monoisotopic (exact) mass is 143 g/mol. The molecule has 1 aliphatic heterocycles. The lowest BCUT2D eigenvalue weighted by Crippen LogP contribution is -2.45. The molecule has 3 nitrogen and oxygen atoms in total. The normalized spacial score (nSPS) is 33.8. The molecule has 1 rings (SSSR count). The first-order valence-electron chi connectivity index (χ1n) is 3.62. The molecule has 2 N–H and O–H groups in total. The summed E-state index contributed by atoms with van der Waals surface area (Å²) in [7, 11) is 0. The van der Waals surface area contributed by atoms with Gasteiger partial charge in [-0.25, -0.2) is 0 Å². The summed E-state index contributed by atoms with van der Waals surface area (Å²) in [5.41, 5.74) is 0. The molecular formula is C7H13NO2. The Kier molecular flexibility index (Phi) is 2.40. The molecule has 0 radical (unpaired) electrons. The number of ketones is 1. The van der Waals surface area contributed by atoms with E-state index in [-0.39, 0.29) is 17.9 Å². The number of hydrogen-bond acceptors (Lipinski definition) is 3. The molecule has 10 heavy (non-hydrogen) atoms. The summed E-state index contributed by atoms with van der Waals surface area (Å²) < 4.78 is 0. The minimum absolute atomic E-state index is 0.0107. The Labute approximate surface area is 60.4 Å². The van der Waals surface area contributed by atoms with E-state index in [1.165, 1.54) is 0 Å². The summed E-state index contributed by atoms with van der Waals surface area (Å²) in [5, 5.41) is 12.0. The largest absolute Gasteiger partial charge is 0.392 e. The zero-order valence-electron chi connectivity index (χ0n) is 6.13. The van der Waals surface area contributed by atoms with Gasteiger partial charge in [-0.1, -0.05) is 0 Å². The van der Waals surface area contributed by atoms with Crippen LogP contribution in [-0.4, -0.2) is 29.6 Å². The maximum atomic E-state index is 10.8. The molecule has 1 fully saturated rings. The van der Waals surface area contributed by atoms with Gasteiger partial charge in [-0.15, -0.1) is 0 Å². The van der Waals surface area contributed by atoms with E-state index < -0.39 is 0 Å². The Hall–Kier alpha value is -0.410. The Morgan fingerprint density at radius 1 is 1.60 bits per heavy atom. The van der Waals surface area contributed by atoms with Gasteiger partial charge < -0.3 is 10.4 Å². The van der Waals surface area contributed by atoms with Crippen LogP contribution in [0.1, 0.15) is 19.8 Å². The highest BCUT2D eigenvalue weighted by Crippen LogP contribution is 2.07. The topological polar surface area (TPSA) is 49.3 Å². The molecular weight excluding hydrogens is 130 g/mol. The van der Waals surface area contributed by atoms with Crippen molar-refractivity contribution in [3.63, 3.8) is 0 Å². The minimum atomic E-state index is -0.254. The molecule has 3 heteroatoms. The SMILES string of the molecule is CC(=O)[C@@H]1CC[C@@H](O)CN1. The lowest BCUT2D eigenvalue weighted by atomic mass is 10.0. The molecule has 0 amide bonds. The first-order valence-corrected chi connectivity index (χ1v) is 3.62. The number of rotatable bonds is 1. The number of nitrogens with one attached hydrogen (secondary N) is 1. The molecule has 0 aromatic rings. The smallest absolute Gasteiger partial charge is 0.146 e. The zero-order valence-corrected chi connectivity index (χ0v) is 6.13. The average Bonchev–Trinajstić information content (AvgIpc) is 1.88. The van der Waals surface area contributed by atoms with Crippen molar-refractivity contribution in [2.24, 2.45) is 0 Å². The highest BCUT2D eigenvalue weighted by Gasteiger charge is 2.20. The second-order valence-corrected chi connectivity index (χ2v) is 2.80. The van der Waals surface area contributed by atoms with Crippen molar-refractivity contribution in [3.05, 3.63) is 0 Å². The van der Waals surface area contributed by atoms with Gasteiger partial charge in [-0.05, 0) is 19.8 Å². The van der Waals surface area contributed by atoms with E-state index in [4.69, 9.17) is 5.11 Å². The molecule has 0 spiro atoms. The molecule has 0 aromatic carbocycles. The van der Waals surface area contributed by atoms with E-state index >= 15 is 0 Å². The highest BCUT2D eigenvalue weighted by molar-refractivity contribution is 5.81. The van der Waals surface area contributed by atoms with Gasteiger partial charge in [0.1, 0.15) is 5.78 Å². The van der Waals surface area contributed by atoms with Gasteiger partial charge in [-0.2, -0.15) is 0 Å². The fourth-order valence-corrected chi connectivity index (χ4v) is 1.19. The van der Waals surface area contributed by atoms with E-state index in [1.807, 2.05) is 0 Å². The Morgan fingerprint density at radius 2 is 2.30 bits per heavy atom. The van der Waals surface area contributed by atoms with Crippen molar-refractivity contribution in [1.82, 2.24) is 5.32 Å².